The maximum Gasteiger partial charge on any atom is 0.223 e. The van der Waals surface area contributed by atoms with Crippen molar-refractivity contribution < 1.29 is 4.79 Å². The molecule has 0 aliphatic rings. The van der Waals surface area contributed by atoms with Crippen LogP contribution in [0.5, 0.6) is 0 Å². The molecule has 0 saturated carbocycles. The lowest BCUT2D eigenvalue weighted by Crippen LogP contribution is -2.35. The molecule has 0 radical (unpaired) electrons. The minimum absolute atomic E-state index is 0.0318. The number of aromatic nitrogens is 3. The Hall–Kier alpha value is -2.17. The standard InChI is InChI=1S/C16H22N4O/c1-12(16(2,3)4)15(21)19-10-13-5-6-14(18-9-13)20-8-7-17-11-20/h5-9,11-12H,10H2,1-4H3,(H,19,21). The molecule has 0 saturated heterocycles. The van der Waals surface area contributed by atoms with Crippen molar-refractivity contribution in [3.8, 4) is 5.82 Å². The zero-order valence-corrected chi connectivity index (χ0v) is 13.0. The van der Waals surface area contributed by atoms with Crippen LogP contribution in [0.1, 0.15) is 33.3 Å². The van der Waals surface area contributed by atoms with E-state index in [1.165, 1.54) is 0 Å². The van der Waals surface area contributed by atoms with Gasteiger partial charge >= 0.3 is 0 Å². The van der Waals surface area contributed by atoms with E-state index in [-0.39, 0.29) is 17.2 Å². The quantitative estimate of drug-likeness (QED) is 0.939. The van der Waals surface area contributed by atoms with Gasteiger partial charge in [0.25, 0.3) is 0 Å². The highest BCUT2D eigenvalue weighted by atomic mass is 16.1. The summed E-state index contributed by atoms with van der Waals surface area (Å²) >= 11 is 0. The molecule has 2 aromatic rings. The summed E-state index contributed by atoms with van der Waals surface area (Å²) in [4.78, 5) is 20.4. The predicted molar refractivity (Wildman–Crippen MR) is 81.8 cm³/mol. The molecule has 112 valence electrons. The second-order valence-corrected chi connectivity index (χ2v) is 6.30. The fourth-order valence-corrected chi connectivity index (χ4v) is 1.80. The summed E-state index contributed by atoms with van der Waals surface area (Å²) in [7, 11) is 0. The van der Waals surface area contributed by atoms with Gasteiger partial charge in [0.2, 0.25) is 5.91 Å². The maximum absolute atomic E-state index is 12.1. The summed E-state index contributed by atoms with van der Waals surface area (Å²) in [5.41, 5.74) is 0.946. The fourth-order valence-electron chi connectivity index (χ4n) is 1.80. The zero-order chi connectivity index (χ0) is 15.5. The number of pyridine rings is 1. The van der Waals surface area contributed by atoms with Crippen molar-refractivity contribution in [1.82, 2.24) is 19.9 Å². The highest BCUT2D eigenvalue weighted by Gasteiger charge is 2.26. The number of carbonyl (C=O) groups is 1. The lowest BCUT2D eigenvalue weighted by atomic mass is 9.81. The van der Waals surface area contributed by atoms with Crippen molar-refractivity contribution in [3.05, 3.63) is 42.6 Å². The topological polar surface area (TPSA) is 59.8 Å². The molecule has 2 rings (SSSR count). The van der Waals surface area contributed by atoms with Crippen molar-refractivity contribution in [2.24, 2.45) is 11.3 Å². The van der Waals surface area contributed by atoms with E-state index < -0.39 is 0 Å². The lowest BCUT2D eigenvalue weighted by molar-refractivity contribution is -0.127. The molecule has 1 amide bonds. The van der Waals surface area contributed by atoms with E-state index in [4.69, 9.17) is 0 Å². The van der Waals surface area contributed by atoms with Gasteiger partial charge in [0.1, 0.15) is 12.1 Å². The number of carbonyl (C=O) groups excluding carboxylic acids is 1. The summed E-state index contributed by atoms with van der Waals surface area (Å²) in [5, 5.41) is 2.96. The monoisotopic (exact) mass is 286 g/mol. The second kappa shape index (κ2) is 6.08. The van der Waals surface area contributed by atoms with E-state index >= 15 is 0 Å². The molecule has 2 aromatic heterocycles. The number of hydrogen-bond donors (Lipinski definition) is 1. The molecule has 5 heteroatoms. The van der Waals surface area contributed by atoms with Gasteiger partial charge in [0, 0.05) is 31.1 Å². The Bertz CT molecular complexity index is 582. The van der Waals surface area contributed by atoms with Crippen LogP contribution in [0.25, 0.3) is 5.82 Å². The highest BCUT2D eigenvalue weighted by Crippen LogP contribution is 2.25. The number of nitrogens with zero attached hydrogens (tertiary/aromatic N) is 3. The summed E-state index contributed by atoms with van der Waals surface area (Å²) in [5.74, 6) is 0.850. The third-order valence-electron chi connectivity index (χ3n) is 3.74. The van der Waals surface area contributed by atoms with Gasteiger partial charge in [0.15, 0.2) is 0 Å². The van der Waals surface area contributed by atoms with Crippen LogP contribution in [0.4, 0.5) is 0 Å². The summed E-state index contributed by atoms with van der Waals surface area (Å²) in [6, 6.07) is 3.88. The minimum atomic E-state index is -0.0341. The maximum atomic E-state index is 12.1. The van der Waals surface area contributed by atoms with Crippen molar-refractivity contribution in [1.29, 1.82) is 0 Å². The van der Waals surface area contributed by atoms with Crippen LogP contribution in [0.15, 0.2) is 37.1 Å². The summed E-state index contributed by atoms with van der Waals surface area (Å²) in [6.07, 6.45) is 7.03. The molecule has 2 heterocycles. The van der Waals surface area contributed by atoms with Crippen molar-refractivity contribution in [2.75, 3.05) is 0 Å². The van der Waals surface area contributed by atoms with Gasteiger partial charge in [-0.2, -0.15) is 0 Å². The minimum Gasteiger partial charge on any atom is -0.352 e. The Morgan fingerprint density at radius 1 is 1.38 bits per heavy atom. The molecular formula is C16H22N4O. The Morgan fingerprint density at radius 3 is 2.67 bits per heavy atom. The lowest BCUT2D eigenvalue weighted by Gasteiger charge is -2.26. The first kappa shape index (κ1) is 15.2. The Labute approximate surface area is 125 Å². The van der Waals surface area contributed by atoms with E-state index in [9.17, 15) is 4.79 Å². The Kier molecular flexibility index (Phi) is 4.40. The predicted octanol–water partition coefficient (Wildman–Crippen LogP) is 2.57. The first-order valence-corrected chi connectivity index (χ1v) is 7.09. The van der Waals surface area contributed by atoms with Crippen LogP contribution in [0.3, 0.4) is 0 Å². The molecule has 0 aromatic carbocycles. The van der Waals surface area contributed by atoms with E-state index in [0.29, 0.717) is 6.54 Å². The molecule has 1 atom stereocenters. The number of imidazole rings is 1. The number of rotatable bonds is 4. The molecule has 1 unspecified atom stereocenters. The van der Waals surface area contributed by atoms with E-state index in [1.54, 1.807) is 18.7 Å². The normalized spacial score (nSPS) is 13.0. The second-order valence-electron chi connectivity index (χ2n) is 6.30. The third kappa shape index (κ3) is 3.90. The van der Waals surface area contributed by atoms with Gasteiger partial charge < -0.3 is 5.32 Å². The van der Waals surface area contributed by atoms with Crippen LogP contribution >= 0.6 is 0 Å². The molecule has 1 N–H and O–H groups in total. The third-order valence-corrected chi connectivity index (χ3v) is 3.74. The average molecular weight is 286 g/mol. The van der Waals surface area contributed by atoms with Gasteiger partial charge in [-0.3, -0.25) is 9.36 Å². The molecule has 0 aliphatic heterocycles. The van der Waals surface area contributed by atoms with Gasteiger partial charge in [0.05, 0.1) is 0 Å². The van der Waals surface area contributed by atoms with Crippen molar-refractivity contribution >= 4 is 5.91 Å². The van der Waals surface area contributed by atoms with Gasteiger partial charge in [-0.05, 0) is 17.0 Å². The summed E-state index contributed by atoms with van der Waals surface area (Å²) in [6.45, 7) is 8.66. The largest absolute Gasteiger partial charge is 0.352 e. The van der Waals surface area contributed by atoms with Crippen LogP contribution < -0.4 is 5.32 Å². The molecule has 0 aliphatic carbocycles. The summed E-state index contributed by atoms with van der Waals surface area (Å²) < 4.78 is 1.84. The Balaban J connectivity index is 1.94. The van der Waals surface area contributed by atoms with Crippen LogP contribution in [0.2, 0.25) is 0 Å². The SMILES string of the molecule is CC(C(=O)NCc1ccc(-n2ccnc2)nc1)C(C)(C)C. The first-order chi connectivity index (χ1) is 9.88. The Morgan fingerprint density at radius 2 is 2.14 bits per heavy atom. The molecule has 5 nitrogen and oxygen atoms in total. The molecule has 0 spiro atoms. The smallest absolute Gasteiger partial charge is 0.223 e. The van der Waals surface area contributed by atoms with Gasteiger partial charge in [-0.1, -0.05) is 33.8 Å². The zero-order valence-electron chi connectivity index (χ0n) is 13.0. The molecular weight excluding hydrogens is 264 g/mol. The molecule has 0 fully saturated rings. The van der Waals surface area contributed by atoms with Crippen LogP contribution in [-0.4, -0.2) is 20.4 Å². The van der Waals surface area contributed by atoms with Crippen molar-refractivity contribution in [3.63, 3.8) is 0 Å². The number of amides is 1. The van der Waals surface area contributed by atoms with E-state index in [0.717, 1.165) is 11.4 Å². The number of nitrogens with one attached hydrogen (secondary N) is 1. The van der Waals surface area contributed by atoms with Crippen molar-refractivity contribution in [2.45, 2.75) is 34.2 Å². The van der Waals surface area contributed by atoms with Crippen LogP contribution in [0, 0.1) is 11.3 Å². The van der Waals surface area contributed by atoms with Crippen LogP contribution in [-0.2, 0) is 11.3 Å². The number of hydrogen-bond acceptors (Lipinski definition) is 3. The molecule has 0 bridgehead atoms. The van der Waals surface area contributed by atoms with E-state index in [2.05, 4.69) is 36.1 Å². The average Bonchev–Trinajstić information content (AvgIpc) is 2.97. The first-order valence-electron chi connectivity index (χ1n) is 7.09. The fraction of sp³-hybridized carbons (Fsp3) is 0.438. The van der Waals surface area contributed by atoms with E-state index in [1.807, 2.05) is 29.8 Å². The highest BCUT2D eigenvalue weighted by molar-refractivity contribution is 5.78. The van der Waals surface area contributed by atoms with Gasteiger partial charge in [-0.25, -0.2) is 9.97 Å². The van der Waals surface area contributed by atoms with Gasteiger partial charge in [-0.15, -0.1) is 0 Å². The molecule has 21 heavy (non-hydrogen) atoms.